The number of hydrogen-bond donors (Lipinski definition) is 2. The Morgan fingerprint density at radius 1 is 1.19 bits per heavy atom. The molecule has 110 valence electrons. The molecule has 0 saturated carbocycles. The number of carbonyl (C=O) groups excluding carboxylic acids is 1. The lowest BCUT2D eigenvalue weighted by molar-refractivity contribution is -0.115. The molecule has 3 nitrogen and oxygen atoms in total. The number of benzene rings is 2. The second-order valence-corrected chi connectivity index (χ2v) is 6.01. The summed E-state index contributed by atoms with van der Waals surface area (Å²) in [4.78, 5) is 11.9. The van der Waals surface area contributed by atoms with E-state index in [0.717, 1.165) is 10.0 Å². The topological polar surface area (TPSA) is 41.1 Å². The predicted octanol–water partition coefficient (Wildman–Crippen LogP) is 4.39. The molecule has 2 N–H and O–H groups in total. The van der Waals surface area contributed by atoms with E-state index in [9.17, 15) is 4.79 Å². The van der Waals surface area contributed by atoms with Crippen molar-refractivity contribution in [2.75, 3.05) is 11.9 Å². The summed E-state index contributed by atoms with van der Waals surface area (Å²) >= 11 is 9.41. The van der Waals surface area contributed by atoms with Gasteiger partial charge in [0.05, 0.1) is 17.3 Å². The van der Waals surface area contributed by atoms with Crippen LogP contribution in [0.4, 0.5) is 5.69 Å². The highest BCUT2D eigenvalue weighted by molar-refractivity contribution is 9.10. The van der Waals surface area contributed by atoms with Crippen LogP contribution in [0.15, 0.2) is 53.0 Å². The Hall–Kier alpha value is -1.36. The average molecular weight is 368 g/mol. The second-order valence-electron chi connectivity index (χ2n) is 4.68. The summed E-state index contributed by atoms with van der Waals surface area (Å²) in [5, 5.41) is 6.51. The molecular formula is C16H16BrClN2O. The number of para-hydroxylation sites is 1. The third-order valence-electron chi connectivity index (χ3n) is 3.09. The van der Waals surface area contributed by atoms with Crippen molar-refractivity contribution in [3.63, 3.8) is 0 Å². The SMILES string of the molecule is C[C@@H](NCC(=O)Nc1ccccc1Cl)c1ccc(Br)cc1. The van der Waals surface area contributed by atoms with E-state index in [4.69, 9.17) is 11.6 Å². The van der Waals surface area contributed by atoms with Crippen molar-refractivity contribution < 1.29 is 4.79 Å². The number of rotatable bonds is 5. The molecule has 0 saturated heterocycles. The van der Waals surface area contributed by atoms with E-state index in [1.165, 1.54) is 0 Å². The van der Waals surface area contributed by atoms with Crippen molar-refractivity contribution >= 4 is 39.1 Å². The van der Waals surface area contributed by atoms with Crippen LogP contribution in [-0.4, -0.2) is 12.5 Å². The highest BCUT2D eigenvalue weighted by Crippen LogP contribution is 2.20. The maximum Gasteiger partial charge on any atom is 0.238 e. The second kappa shape index (κ2) is 7.59. The molecule has 0 unspecified atom stereocenters. The lowest BCUT2D eigenvalue weighted by Gasteiger charge is -2.14. The Balaban J connectivity index is 1.86. The standard InChI is InChI=1S/C16H16BrClN2O/c1-11(12-6-8-13(17)9-7-12)19-10-16(21)20-15-5-3-2-4-14(15)18/h2-9,11,19H,10H2,1H3,(H,20,21)/t11-/m1/s1. The Labute approximate surface area is 137 Å². The Bertz CT molecular complexity index is 616. The first-order valence-corrected chi connectivity index (χ1v) is 7.76. The minimum Gasteiger partial charge on any atom is -0.324 e. The molecule has 0 aromatic heterocycles. The number of carbonyl (C=O) groups is 1. The Morgan fingerprint density at radius 3 is 2.52 bits per heavy atom. The van der Waals surface area contributed by atoms with E-state index in [-0.39, 0.29) is 18.5 Å². The number of amides is 1. The molecule has 0 spiro atoms. The highest BCUT2D eigenvalue weighted by atomic mass is 79.9. The highest BCUT2D eigenvalue weighted by Gasteiger charge is 2.09. The maximum absolute atomic E-state index is 11.9. The van der Waals surface area contributed by atoms with E-state index in [1.54, 1.807) is 12.1 Å². The van der Waals surface area contributed by atoms with Crippen molar-refractivity contribution in [2.45, 2.75) is 13.0 Å². The molecule has 0 aliphatic carbocycles. The minimum absolute atomic E-state index is 0.0927. The van der Waals surface area contributed by atoms with Crippen LogP contribution in [0.25, 0.3) is 0 Å². The molecule has 1 amide bonds. The molecule has 1 atom stereocenters. The normalized spacial score (nSPS) is 12.0. The van der Waals surface area contributed by atoms with Gasteiger partial charge < -0.3 is 10.6 Å². The van der Waals surface area contributed by atoms with E-state index in [1.807, 2.05) is 43.3 Å². The summed E-state index contributed by atoms with van der Waals surface area (Å²) < 4.78 is 1.04. The summed E-state index contributed by atoms with van der Waals surface area (Å²) in [6.07, 6.45) is 0. The molecular weight excluding hydrogens is 352 g/mol. The summed E-state index contributed by atoms with van der Waals surface area (Å²) in [6.45, 7) is 2.24. The van der Waals surface area contributed by atoms with Crippen LogP contribution in [0.1, 0.15) is 18.5 Å². The zero-order chi connectivity index (χ0) is 15.2. The van der Waals surface area contributed by atoms with Crippen molar-refractivity contribution in [3.8, 4) is 0 Å². The van der Waals surface area contributed by atoms with Gasteiger partial charge in [0.15, 0.2) is 0 Å². The van der Waals surface area contributed by atoms with Crippen LogP contribution in [0.2, 0.25) is 5.02 Å². The summed E-state index contributed by atoms with van der Waals surface area (Å²) in [5.74, 6) is -0.118. The predicted molar refractivity (Wildman–Crippen MR) is 90.6 cm³/mol. The van der Waals surface area contributed by atoms with Gasteiger partial charge in [-0.2, -0.15) is 0 Å². The zero-order valence-corrected chi connectivity index (χ0v) is 13.9. The number of nitrogens with one attached hydrogen (secondary N) is 2. The fourth-order valence-electron chi connectivity index (χ4n) is 1.87. The van der Waals surface area contributed by atoms with Gasteiger partial charge in [0.2, 0.25) is 5.91 Å². The average Bonchev–Trinajstić information content (AvgIpc) is 2.48. The summed E-state index contributed by atoms with van der Waals surface area (Å²) in [7, 11) is 0. The van der Waals surface area contributed by atoms with Gasteiger partial charge in [-0.25, -0.2) is 0 Å². The van der Waals surface area contributed by atoms with E-state index in [2.05, 4.69) is 26.6 Å². The van der Waals surface area contributed by atoms with Crippen molar-refractivity contribution in [3.05, 3.63) is 63.6 Å². The molecule has 5 heteroatoms. The van der Waals surface area contributed by atoms with Crippen LogP contribution in [-0.2, 0) is 4.79 Å². The van der Waals surface area contributed by atoms with Crippen molar-refractivity contribution in [1.82, 2.24) is 5.32 Å². The van der Waals surface area contributed by atoms with Crippen LogP contribution < -0.4 is 10.6 Å². The molecule has 0 radical (unpaired) electrons. The first-order chi connectivity index (χ1) is 10.1. The minimum atomic E-state index is -0.118. The first kappa shape index (κ1) is 16.0. The van der Waals surface area contributed by atoms with Gasteiger partial charge in [0.1, 0.15) is 0 Å². The number of halogens is 2. The molecule has 0 fully saturated rings. The summed E-state index contributed by atoms with van der Waals surface area (Å²) in [6, 6.07) is 15.3. The zero-order valence-electron chi connectivity index (χ0n) is 11.6. The molecule has 0 aliphatic heterocycles. The molecule has 2 rings (SSSR count). The van der Waals surface area contributed by atoms with Gasteiger partial charge in [-0.15, -0.1) is 0 Å². The monoisotopic (exact) mass is 366 g/mol. The van der Waals surface area contributed by atoms with Crippen molar-refractivity contribution in [1.29, 1.82) is 0 Å². The fraction of sp³-hybridized carbons (Fsp3) is 0.188. The van der Waals surface area contributed by atoms with Gasteiger partial charge in [-0.3, -0.25) is 4.79 Å². The van der Waals surface area contributed by atoms with Crippen LogP contribution in [0.3, 0.4) is 0 Å². The smallest absolute Gasteiger partial charge is 0.238 e. The third-order valence-corrected chi connectivity index (χ3v) is 3.95. The fourth-order valence-corrected chi connectivity index (χ4v) is 2.32. The molecule has 2 aromatic rings. The largest absolute Gasteiger partial charge is 0.324 e. The molecule has 0 bridgehead atoms. The Morgan fingerprint density at radius 2 is 1.86 bits per heavy atom. The van der Waals surface area contributed by atoms with Crippen molar-refractivity contribution in [2.24, 2.45) is 0 Å². The van der Waals surface area contributed by atoms with Gasteiger partial charge in [-0.05, 0) is 36.8 Å². The first-order valence-electron chi connectivity index (χ1n) is 6.59. The Kier molecular flexibility index (Phi) is 5.79. The quantitative estimate of drug-likeness (QED) is 0.823. The molecule has 21 heavy (non-hydrogen) atoms. The van der Waals surface area contributed by atoms with Crippen LogP contribution in [0, 0.1) is 0 Å². The lowest BCUT2D eigenvalue weighted by atomic mass is 10.1. The lowest BCUT2D eigenvalue weighted by Crippen LogP contribution is -2.30. The van der Waals surface area contributed by atoms with E-state index >= 15 is 0 Å². The van der Waals surface area contributed by atoms with Crippen LogP contribution in [0.5, 0.6) is 0 Å². The van der Waals surface area contributed by atoms with Gasteiger partial charge in [0, 0.05) is 10.5 Å². The van der Waals surface area contributed by atoms with Gasteiger partial charge in [0.25, 0.3) is 0 Å². The van der Waals surface area contributed by atoms with E-state index in [0.29, 0.717) is 10.7 Å². The maximum atomic E-state index is 11.9. The number of hydrogen-bond acceptors (Lipinski definition) is 2. The third kappa shape index (κ3) is 4.84. The van der Waals surface area contributed by atoms with Crippen LogP contribution >= 0.6 is 27.5 Å². The molecule has 0 heterocycles. The molecule has 0 aliphatic rings. The van der Waals surface area contributed by atoms with E-state index < -0.39 is 0 Å². The number of anilines is 1. The van der Waals surface area contributed by atoms with Gasteiger partial charge in [-0.1, -0.05) is 51.8 Å². The molecule has 2 aromatic carbocycles. The van der Waals surface area contributed by atoms with Gasteiger partial charge >= 0.3 is 0 Å². The summed E-state index contributed by atoms with van der Waals surface area (Å²) in [5.41, 5.74) is 1.76.